The summed E-state index contributed by atoms with van der Waals surface area (Å²) in [5.41, 5.74) is -0.436. The van der Waals surface area contributed by atoms with E-state index in [2.05, 4.69) is 0 Å². The molecular weight excluding hydrogens is 186 g/mol. The van der Waals surface area contributed by atoms with Gasteiger partial charge >= 0.3 is 6.95 Å². The van der Waals surface area contributed by atoms with Crippen molar-refractivity contribution in [1.82, 2.24) is 0 Å². The summed E-state index contributed by atoms with van der Waals surface area (Å²) >= 11 is 5.46. The maximum Gasteiger partial charge on any atom is 0.424 e. The molecule has 0 aliphatic carbocycles. The molecule has 2 atom stereocenters. The third kappa shape index (κ3) is 2.75. The van der Waals surface area contributed by atoms with Crippen LogP contribution >= 0.6 is 18.2 Å². The van der Waals surface area contributed by atoms with Gasteiger partial charge in [0.05, 0.1) is 11.7 Å². The summed E-state index contributed by atoms with van der Waals surface area (Å²) in [6.45, 7) is 2.24. The molecule has 0 spiro atoms. The largest absolute Gasteiger partial charge is 0.424 e. The van der Waals surface area contributed by atoms with Crippen molar-refractivity contribution in [3.05, 3.63) is 0 Å². The molecule has 1 saturated heterocycles. The second-order valence-corrected chi connectivity index (χ2v) is 5.90. The first-order valence-electron chi connectivity index (χ1n) is 3.50. The highest BCUT2D eigenvalue weighted by Crippen LogP contribution is 2.61. The number of hydrogen-bond acceptors (Lipinski definition) is 3. The zero-order valence-corrected chi connectivity index (χ0v) is 8.48. The van der Waals surface area contributed by atoms with Gasteiger partial charge in [-0.15, -0.1) is 0 Å². The molecule has 1 rings (SSSR count). The SMILES string of the molecule is CC1CC(C)(C)OP(=O)(Cl)O1. The quantitative estimate of drug-likeness (QED) is 0.562. The fourth-order valence-corrected chi connectivity index (χ4v) is 3.48. The van der Waals surface area contributed by atoms with E-state index in [0.29, 0.717) is 6.42 Å². The first-order chi connectivity index (χ1) is 4.81. The Kier molecular flexibility index (Phi) is 2.37. The summed E-state index contributed by atoms with van der Waals surface area (Å²) in [5, 5.41) is 0. The van der Waals surface area contributed by atoms with Crippen LogP contribution in [0.2, 0.25) is 0 Å². The molecule has 1 aliphatic heterocycles. The van der Waals surface area contributed by atoms with E-state index in [-0.39, 0.29) is 6.10 Å². The lowest BCUT2D eigenvalue weighted by molar-refractivity contribution is -0.00596. The molecule has 1 heterocycles. The minimum Gasteiger partial charge on any atom is -0.294 e. The van der Waals surface area contributed by atoms with Crippen molar-refractivity contribution in [2.24, 2.45) is 0 Å². The van der Waals surface area contributed by atoms with Crippen molar-refractivity contribution in [3.63, 3.8) is 0 Å². The zero-order valence-electron chi connectivity index (χ0n) is 6.83. The molecule has 0 radical (unpaired) electrons. The molecule has 1 fully saturated rings. The average Bonchev–Trinajstić information content (AvgIpc) is 1.49. The van der Waals surface area contributed by atoms with Crippen molar-refractivity contribution >= 4 is 18.2 Å². The fourth-order valence-electron chi connectivity index (χ4n) is 1.30. The summed E-state index contributed by atoms with van der Waals surface area (Å²) in [6.07, 6.45) is 0.617. The maximum absolute atomic E-state index is 11.2. The molecule has 1 aliphatic rings. The van der Waals surface area contributed by atoms with E-state index in [1.807, 2.05) is 20.8 Å². The van der Waals surface area contributed by atoms with Crippen LogP contribution in [0, 0.1) is 0 Å². The van der Waals surface area contributed by atoms with Crippen molar-refractivity contribution in [3.8, 4) is 0 Å². The monoisotopic (exact) mass is 198 g/mol. The van der Waals surface area contributed by atoms with Crippen LogP contribution in [0.4, 0.5) is 0 Å². The Balaban J connectivity index is 2.74. The van der Waals surface area contributed by atoms with Crippen molar-refractivity contribution < 1.29 is 13.6 Å². The van der Waals surface area contributed by atoms with E-state index in [1.54, 1.807) is 0 Å². The third-order valence-corrected chi connectivity index (χ3v) is 3.21. The first kappa shape index (κ1) is 9.53. The molecule has 66 valence electrons. The summed E-state index contributed by atoms with van der Waals surface area (Å²) in [7, 11) is 0. The van der Waals surface area contributed by atoms with Crippen LogP contribution in [0.25, 0.3) is 0 Å². The molecule has 0 bridgehead atoms. The van der Waals surface area contributed by atoms with Gasteiger partial charge in [0.15, 0.2) is 0 Å². The molecule has 0 saturated carbocycles. The summed E-state index contributed by atoms with van der Waals surface area (Å²) in [4.78, 5) is 0. The average molecular weight is 199 g/mol. The molecule has 0 N–H and O–H groups in total. The van der Waals surface area contributed by atoms with Gasteiger partial charge in [0.2, 0.25) is 0 Å². The zero-order chi connectivity index (χ0) is 8.70. The molecule has 5 heteroatoms. The standard InChI is InChI=1S/C6H12ClO3P/c1-5-4-6(2,3)10-11(7,8)9-5/h5H,4H2,1-3H3. The molecule has 3 nitrogen and oxygen atoms in total. The normalized spacial score (nSPS) is 43.8. The summed E-state index contributed by atoms with van der Waals surface area (Å²) in [5.74, 6) is 0. The highest BCUT2D eigenvalue weighted by atomic mass is 35.7. The molecule has 0 aromatic carbocycles. The predicted octanol–water partition coefficient (Wildman–Crippen LogP) is 2.94. The molecule has 11 heavy (non-hydrogen) atoms. The summed E-state index contributed by atoms with van der Waals surface area (Å²) in [6, 6.07) is 0. The third-order valence-electron chi connectivity index (χ3n) is 1.44. The van der Waals surface area contributed by atoms with Crippen molar-refractivity contribution in [2.45, 2.75) is 38.9 Å². The van der Waals surface area contributed by atoms with Gasteiger partial charge in [0.1, 0.15) is 0 Å². The minimum atomic E-state index is -3.29. The maximum atomic E-state index is 11.2. The highest BCUT2D eigenvalue weighted by Gasteiger charge is 2.40. The topological polar surface area (TPSA) is 35.5 Å². The Bertz CT molecular complexity index is 204. The molecule has 0 aromatic heterocycles. The van der Waals surface area contributed by atoms with Crippen LogP contribution in [0.5, 0.6) is 0 Å². The Morgan fingerprint density at radius 1 is 1.64 bits per heavy atom. The van der Waals surface area contributed by atoms with Gasteiger partial charge < -0.3 is 0 Å². The van der Waals surface area contributed by atoms with E-state index < -0.39 is 12.5 Å². The van der Waals surface area contributed by atoms with Crippen molar-refractivity contribution in [1.29, 1.82) is 0 Å². The van der Waals surface area contributed by atoms with E-state index >= 15 is 0 Å². The van der Waals surface area contributed by atoms with E-state index in [9.17, 15) is 4.57 Å². The van der Waals surface area contributed by atoms with E-state index in [1.165, 1.54) is 0 Å². The van der Waals surface area contributed by atoms with Crippen LogP contribution in [0.15, 0.2) is 0 Å². The molecule has 0 aromatic rings. The van der Waals surface area contributed by atoms with Crippen LogP contribution in [0.3, 0.4) is 0 Å². The second kappa shape index (κ2) is 2.74. The van der Waals surface area contributed by atoms with E-state index in [4.69, 9.17) is 20.3 Å². The predicted molar refractivity (Wildman–Crippen MR) is 43.8 cm³/mol. The molecule has 2 unspecified atom stereocenters. The smallest absolute Gasteiger partial charge is 0.294 e. The van der Waals surface area contributed by atoms with Crippen LogP contribution < -0.4 is 0 Å². The number of rotatable bonds is 0. The van der Waals surface area contributed by atoms with Gasteiger partial charge in [-0.25, -0.2) is 4.57 Å². The lowest BCUT2D eigenvalue weighted by Gasteiger charge is -2.35. The van der Waals surface area contributed by atoms with Crippen LogP contribution in [-0.2, 0) is 13.6 Å². The molecule has 0 amide bonds. The number of hydrogen-bond donors (Lipinski definition) is 0. The fraction of sp³-hybridized carbons (Fsp3) is 1.00. The van der Waals surface area contributed by atoms with Crippen molar-refractivity contribution in [2.75, 3.05) is 0 Å². The van der Waals surface area contributed by atoms with Gasteiger partial charge in [0.25, 0.3) is 0 Å². The Hall–Kier alpha value is 0.440. The second-order valence-electron chi connectivity index (χ2n) is 3.40. The molecular formula is C6H12ClO3P. The van der Waals surface area contributed by atoms with E-state index in [0.717, 1.165) is 0 Å². The number of halogens is 1. The van der Waals surface area contributed by atoms with Gasteiger partial charge in [-0.2, -0.15) is 0 Å². The lowest BCUT2D eigenvalue weighted by Crippen LogP contribution is -2.33. The minimum absolute atomic E-state index is 0.0953. The first-order valence-corrected chi connectivity index (χ1v) is 5.94. The Morgan fingerprint density at radius 2 is 2.18 bits per heavy atom. The van der Waals surface area contributed by atoms with Gasteiger partial charge in [-0.1, -0.05) is 0 Å². The summed E-state index contributed by atoms with van der Waals surface area (Å²) < 4.78 is 21.1. The van der Waals surface area contributed by atoms with Gasteiger partial charge in [-0.05, 0) is 20.8 Å². The van der Waals surface area contributed by atoms with Crippen LogP contribution in [-0.4, -0.2) is 11.7 Å². The Morgan fingerprint density at radius 3 is 2.55 bits per heavy atom. The highest BCUT2D eigenvalue weighted by molar-refractivity contribution is 7.81. The van der Waals surface area contributed by atoms with Gasteiger partial charge in [0, 0.05) is 17.7 Å². The Labute approximate surface area is 71.3 Å². The van der Waals surface area contributed by atoms with Crippen LogP contribution in [0.1, 0.15) is 27.2 Å². The lowest BCUT2D eigenvalue weighted by atomic mass is 10.0. The van der Waals surface area contributed by atoms with Gasteiger partial charge in [-0.3, -0.25) is 9.05 Å².